The van der Waals surface area contributed by atoms with E-state index in [4.69, 9.17) is 16.3 Å². The van der Waals surface area contributed by atoms with Crippen molar-refractivity contribution in [2.75, 3.05) is 18.5 Å². The highest BCUT2D eigenvalue weighted by atomic mass is 35.5. The molecule has 0 amide bonds. The van der Waals surface area contributed by atoms with Crippen molar-refractivity contribution >= 4 is 17.4 Å². The summed E-state index contributed by atoms with van der Waals surface area (Å²) >= 11 is 5.84. The third-order valence-corrected chi connectivity index (χ3v) is 2.34. The Morgan fingerprint density at radius 1 is 1.12 bits per heavy atom. The zero-order chi connectivity index (χ0) is 11.9. The normalized spacial score (nSPS) is 9.94. The van der Waals surface area contributed by atoms with Crippen molar-refractivity contribution < 1.29 is 4.74 Å². The number of nitrogens with zero attached hydrogens (tertiary/aromatic N) is 2. The molecule has 1 aromatic heterocycles. The summed E-state index contributed by atoms with van der Waals surface area (Å²) in [5, 5.41) is 3.42. The standard InChI is InChI=1S/C12H12ClN3O/c13-11-12(15-7-6-14-11)16-8-9-17-10-4-2-1-3-5-10/h1-7H,8-9H2,(H,15,16). The minimum Gasteiger partial charge on any atom is -0.492 e. The van der Waals surface area contributed by atoms with E-state index in [1.165, 1.54) is 0 Å². The molecule has 0 spiro atoms. The fourth-order valence-corrected chi connectivity index (χ4v) is 1.47. The molecular weight excluding hydrogens is 238 g/mol. The van der Waals surface area contributed by atoms with Crippen LogP contribution in [-0.4, -0.2) is 23.1 Å². The van der Waals surface area contributed by atoms with Gasteiger partial charge in [0.05, 0.1) is 6.54 Å². The molecule has 0 bridgehead atoms. The molecule has 0 saturated heterocycles. The summed E-state index contributed by atoms with van der Waals surface area (Å²) in [6, 6.07) is 9.64. The minimum absolute atomic E-state index is 0.368. The van der Waals surface area contributed by atoms with E-state index in [0.717, 1.165) is 5.75 Å². The molecule has 0 aliphatic carbocycles. The van der Waals surface area contributed by atoms with Gasteiger partial charge in [-0.2, -0.15) is 0 Å². The lowest BCUT2D eigenvalue weighted by atomic mass is 10.3. The van der Waals surface area contributed by atoms with Gasteiger partial charge in [0, 0.05) is 12.4 Å². The number of para-hydroxylation sites is 1. The van der Waals surface area contributed by atoms with E-state index in [0.29, 0.717) is 24.1 Å². The maximum Gasteiger partial charge on any atom is 0.171 e. The largest absolute Gasteiger partial charge is 0.492 e. The molecule has 0 aliphatic heterocycles. The first-order valence-corrected chi connectivity index (χ1v) is 5.62. The van der Waals surface area contributed by atoms with Gasteiger partial charge in [0.2, 0.25) is 0 Å². The fourth-order valence-electron chi connectivity index (χ4n) is 1.29. The van der Waals surface area contributed by atoms with Crippen molar-refractivity contribution in [1.29, 1.82) is 0 Å². The molecule has 1 N–H and O–H groups in total. The second-order valence-electron chi connectivity index (χ2n) is 3.28. The fraction of sp³-hybridized carbons (Fsp3) is 0.167. The topological polar surface area (TPSA) is 47.0 Å². The van der Waals surface area contributed by atoms with Gasteiger partial charge >= 0.3 is 0 Å². The van der Waals surface area contributed by atoms with Crippen LogP contribution < -0.4 is 10.1 Å². The molecule has 0 aliphatic rings. The summed E-state index contributed by atoms with van der Waals surface area (Å²) in [6.07, 6.45) is 3.14. The first-order chi connectivity index (χ1) is 8.36. The zero-order valence-electron chi connectivity index (χ0n) is 9.14. The molecule has 1 heterocycles. The van der Waals surface area contributed by atoms with Crippen molar-refractivity contribution in [1.82, 2.24) is 9.97 Å². The lowest BCUT2D eigenvalue weighted by Crippen LogP contribution is -2.12. The smallest absolute Gasteiger partial charge is 0.171 e. The molecule has 2 aromatic rings. The number of nitrogens with one attached hydrogen (secondary N) is 1. The first kappa shape index (κ1) is 11.7. The van der Waals surface area contributed by atoms with E-state index in [1.54, 1.807) is 12.4 Å². The van der Waals surface area contributed by atoms with E-state index in [-0.39, 0.29) is 0 Å². The average Bonchev–Trinajstić information content (AvgIpc) is 2.38. The van der Waals surface area contributed by atoms with Crippen LogP contribution in [0.4, 0.5) is 5.82 Å². The Balaban J connectivity index is 1.76. The summed E-state index contributed by atoms with van der Waals surface area (Å²) in [5.41, 5.74) is 0. The van der Waals surface area contributed by atoms with Crippen molar-refractivity contribution in [2.24, 2.45) is 0 Å². The van der Waals surface area contributed by atoms with Crippen molar-refractivity contribution in [3.05, 3.63) is 47.9 Å². The van der Waals surface area contributed by atoms with Crippen molar-refractivity contribution in [2.45, 2.75) is 0 Å². The zero-order valence-corrected chi connectivity index (χ0v) is 9.89. The molecule has 0 atom stereocenters. The Bertz CT molecular complexity index is 464. The van der Waals surface area contributed by atoms with Crippen LogP contribution in [0.25, 0.3) is 0 Å². The number of hydrogen-bond acceptors (Lipinski definition) is 4. The highest BCUT2D eigenvalue weighted by Gasteiger charge is 2.00. The first-order valence-electron chi connectivity index (χ1n) is 5.24. The Morgan fingerprint density at radius 2 is 1.88 bits per heavy atom. The predicted octanol–water partition coefficient (Wildman–Crippen LogP) is 2.62. The lowest BCUT2D eigenvalue weighted by Gasteiger charge is -2.08. The number of halogens is 1. The van der Waals surface area contributed by atoms with Gasteiger partial charge in [-0.05, 0) is 12.1 Å². The Labute approximate surface area is 105 Å². The van der Waals surface area contributed by atoms with Crippen LogP contribution in [0.15, 0.2) is 42.7 Å². The number of benzene rings is 1. The minimum atomic E-state index is 0.368. The number of ether oxygens (including phenoxy) is 1. The van der Waals surface area contributed by atoms with E-state index >= 15 is 0 Å². The summed E-state index contributed by atoms with van der Waals surface area (Å²) < 4.78 is 5.51. The molecule has 1 aromatic carbocycles. The monoisotopic (exact) mass is 249 g/mol. The van der Waals surface area contributed by atoms with Gasteiger partial charge < -0.3 is 10.1 Å². The molecule has 0 unspecified atom stereocenters. The molecule has 0 fully saturated rings. The number of anilines is 1. The third-order valence-electron chi connectivity index (χ3n) is 2.06. The molecular formula is C12H12ClN3O. The highest BCUT2D eigenvalue weighted by molar-refractivity contribution is 6.31. The van der Waals surface area contributed by atoms with Gasteiger partial charge in [0.25, 0.3) is 0 Å². The molecule has 4 nitrogen and oxygen atoms in total. The summed E-state index contributed by atoms with van der Waals surface area (Å²) in [7, 11) is 0. The molecule has 5 heteroatoms. The van der Waals surface area contributed by atoms with E-state index in [9.17, 15) is 0 Å². The SMILES string of the molecule is Clc1nccnc1NCCOc1ccccc1. The maximum absolute atomic E-state index is 5.84. The maximum atomic E-state index is 5.84. The van der Waals surface area contributed by atoms with Crippen LogP contribution in [0.3, 0.4) is 0 Å². The highest BCUT2D eigenvalue weighted by Crippen LogP contribution is 2.13. The third kappa shape index (κ3) is 3.60. The van der Waals surface area contributed by atoms with Crippen molar-refractivity contribution in [3.63, 3.8) is 0 Å². The molecule has 0 radical (unpaired) electrons. The second-order valence-corrected chi connectivity index (χ2v) is 3.64. The van der Waals surface area contributed by atoms with Crippen LogP contribution in [-0.2, 0) is 0 Å². The van der Waals surface area contributed by atoms with E-state index < -0.39 is 0 Å². The average molecular weight is 250 g/mol. The number of rotatable bonds is 5. The van der Waals surface area contributed by atoms with Gasteiger partial charge in [-0.1, -0.05) is 29.8 Å². The summed E-state index contributed by atoms with van der Waals surface area (Å²) in [6.45, 7) is 1.16. The van der Waals surface area contributed by atoms with E-state index in [2.05, 4.69) is 15.3 Å². The number of hydrogen-bond donors (Lipinski definition) is 1. The molecule has 0 saturated carbocycles. The van der Waals surface area contributed by atoms with Crippen LogP contribution in [0.5, 0.6) is 5.75 Å². The summed E-state index contributed by atoms with van der Waals surface area (Å²) in [4.78, 5) is 7.98. The Hall–Kier alpha value is -1.81. The number of aromatic nitrogens is 2. The van der Waals surface area contributed by atoms with Gasteiger partial charge in [-0.3, -0.25) is 0 Å². The van der Waals surface area contributed by atoms with Crippen molar-refractivity contribution in [3.8, 4) is 5.75 Å². The van der Waals surface area contributed by atoms with Gasteiger partial charge in [-0.25, -0.2) is 9.97 Å². The molecule has 2 rings (SSSR count). The van der Waals surface area contributed by atoms with Gasteiger partial charge in [0.1, 0.15) is 12.4 Å². The second kappa shape index (κ2) is 6.06. The van der Waals surface area contributed by atoms with Crippen LogP contribution in [0, 0.1) is 0 Å². The predicted molar refractivity (Wildman–Crippen MR) is 67.5 cm³/mol. The Kier molecular flexibility index (Phi) is 4.16. The summed E-state index contributed by atoms with van der Waals surface area (Å²) in [5.74, 6) is 1.42. The Morgan fingerprint density at radius 3 is 2.65 bits per heavy atom. The van der Waals surface area contributed by atoms with Gasteiger partial charge in [0.15, 0.2) is 11.0 Å². The molecule has 88 valence electrons. The quantitative estimate of drug-likeness (QED) is 0.828. The van der Waals surface area contributed by atoms with Crippen LogP contribution in [0.1, 0.15) is 0 Å². The van der Waals surface area contributed by atoms with Crippen LogP contribution >= 0.6 is 11.6 Å². The molecule has 17 heavy (non-hydrogen) atoms. The lowest BCUT2D eigenvalue weighted by molar-refractivity contribution is 0.333. The van der Waals surface area contributed by atoms with Crippen LogP contribution in [0.2, 0.25) is 5.15 Å². The van der Waals surface area contributed by atoms with E-state index in [1.807, 2.05) is 30.3 Å². The van der Waals surface area contributed by atoms with Gasteiger partial charge in [-0.15, -0.1) is 0 Å².